The van der Waals surface area contributed by atoms with Gasteiger partial charge in [0.15, 0.2) is 6.10 Å². The van der Waals surface area contributed by atoms with E-state index in [1.165, 1.54) is 4.90 Å². The van der Waals surface area contributed by atoms with E-state index in [1.807, 2.05) is 0 Å². The summed E-state index contributed by atoms with van der Waals surface area (Å²) in [5, 5.41) is 11.1. The average molecular weight is 302 g/mol. The number of rotatable bonds is 5. The normalized spacial score (nSPS) is 17.5. The number of esters is 2. The van der Waals surface area contributed by atoms with E-state index >= 15 is 0 Å². The van der Waals surface area contributed by atoms with Gasteiger partial charge in [-0.1, -0.05) is 0 Å². The van der Waals surface area contributed by atoms with E-state index in [4.69, 9.17) is 9.47 Å². The molecule has 1 heterocycles. The first kappa shape index (κ1) is 16.9. The number of ether oxygens (including phenoxy) is 3. The molecule has 0 radical (unpaired) electrons. The van der Waals surface area contributed by atoms with Gasteiger partial charge in [-0.2, -0.15) is 0 Å². The number of morpholine rings is 1. The summed E-state index contributed by atoms with van der Waals surface area (Å²) in [7, 11) is 0. The number of carbonyl (C=O) groups excluding carboxylic acids is 4. The highest BCUT2D eigenvalue weighted by molar-refractivity contribution is 5.90. The zero-order valence-electron chi connectivity index (χ0n) is 11.7. The van der Waals surface area contributed by atoms with Crippen LogP contribution in [0.3, 0.4) is 0 Å². The lowest BCUT2D eigenvalue weighted by atomic mass is 10.1. The number of hydrogen-bond donors (Lipinski definition) is 0. The van der Waals surface area contributed by atoms with Crippen molar-refractivity contribution in [2.45, 2.75) is 26.1 Å². The molecule has 0 N–H and O–H groups in total. The van der Waals surface area contributed by atoms with Gasteiger partial charge in [0, 0.05) is 26.9 Å². The van der Waals surface area contributed by atoms with Gasteiger partial charge in [0.05, 0.1) is 19.2 Å². The Labute approximate surface area is 120 Å². The predicted octanol–water partition coefficient (Wildman–Crippen LogP) is -2.54. The highest BCUT2D eigenvalue weighted by Gasteiger charge is 2.38. The first-order chi connectivity index (χ1) is 9.82. The summed E-state index contributed by atoms with van der Waals surface area (Å²) in [6, 6.07) is 0. The van der Waals surface area contributed by atoms with Crippen LogP contribution in [0, 0.1) is 0 Å². The Hall–Kier alpha value is -2.16. The molecule has 2 atom stereocenters. The molecular weight excluding hydrogens is 286 g/mol. The van der Waals surface area contributed by atoms with E-state index in [2.05, 4.69) is 4.74 Å². The number of carbonyl (C=O) groups is 4. The zero-order valence-corrected chi connectivity index (χ0v) is 11.7. The van der Waals surface area contributed by atoms with Gasteiger partial charge in [-0.05, 0) is 0 Å². The molecule has 0 aromatic rings. The molecule has 9 nitrogen and oxygen atoms in total. The average Bonchev–Trinajstić information content (AvgIpc) is 2.42. The van der Waals surface area contributed by atoms with Crippen LogP contribution < -0.4 is 5.11 Å². The lowest BCUT2D eigenvalue weighted by Gasteiger charge is -2.33. The van der Waals surface area contributed by atoms with Crippen LogP contribution in [0.2, 0.25) is 0 Å². The lowest BCUT2D eigenvalue weighted by molar-refractivity contribution is -0.318. The van der Waals surface area contributed by atoms with Crippen molar-refractivity contribution in [2.24, 2.45) is 0 Å². The van der Waals surface area contributed by atoms with E-state index in [-0.39, 0.29) is 26.3 Å². The first-order valence-corrected chi connectivity index (χ1v) is 6.24. The summed E-state index contributed by atoms with van der Waals surface area (Å²) in [5.74, 6) is -4.40. The predicted molar refractivity (Wildman–Crippen MR) is 63.5 cm³/mol. The molecule has 1 amide bonds. The lowest BCUT2D eigenvalue weighted by Crippen LogP contribution is -2.56. The van der Waals surface area contributed by atoms with Crippen molar-refractivity contribution in [2.75, 3.05) is 26.3 Å². The van der Waals surface area contributed by atoms with Gasteiger partial charge >= 0.3 is 11.9 Å². The maximum Gasteiger partial charge on any atom is 0.303 e. The van der Waals surface area contributed by atoms with Crippen molar-refractivity contribution in [1.29, 1.82) is 0 Å². The Bertz CT molecular complexity index is 429. The molecule has 0 aromatic carbocycles. The van der Waals surface area contributed by atoms with E-state index in [0.717, 1.165) is 13.8 Å². The molecule has 0 unspecified atom stereocenters. The minimum Gasteiger partial charge on any atom is -0.546 e. The second-order valence-electron chi connectivity index (χ2n) is 4.32. The van der Waals surface area contributed by atoms with Gasteiger partial charge in [0.2, 0.25) is 6.10 Å². The molecule has 0 spiro atoms. The smallest absolute Gasteiger partial charge is 0.303 e. The van der Waals surface area contributed by atoms with Crippen LogP contribution >= 0.6 is 0 Å². The zero-order chi connectivity index (χ0) is 16.0. The largest absolute Gasteiger partial charge is 0.546 e. The van der Waals surface area contributed by atoms with Crippen LogP contribution in [-0.4, -0.2) is 67.2 Å². The minimum absolute atomic E-state index is 0.219. The van der Waals surface area contributed by atoms with Gasteiger partial charge < -0.3 is 29.0 Å². The molecule has 0 aromatic heterocycles. The molecule has 1 rings (SSSR count). The Morgan fingerprint density at radius 1 is 1.00 bits per heavy atom. The fourth-order valence-electron chi connectivity index (χ4n) is 1.80. The summed E-state index contributed by atoms with van der Waals surface area (Å²) < 4.78 is 14.3. The third-order valence-electron chi connectivity index (χ3n) is 2.66. The van der Waals surface area contributed by atoms with E-state index in [0.29, 0.717) is 0 Å². The number of carboxylic acids is 1. The van der Waals surface area contributed by atoms with Crippen molar-refractivity contribution in [3.05, 3.63) is 0 Å². The van der Waals surface area contributed by atoms with E-state index < -0.39 is 36.0 Å². The Balaban J connectivity index is 2.94. The Morgan fingerprint density at radius 3 is 1.90 bits per heavy atom. The quantitative estimate of drug-likeness (QED) is 0.509. The summed E-state index contributed by atoms with van der Waals surface area (Å²) >= 11 is 0. The monoisotopic (exact) mass is 302 g/mol. The molecule has 0 saturated carbocycles. The van der Waals surface area contributed by atoms with Crippen molar-refractivity contribution < 1.29 is 38.5 Å². The standard InChI is InChI=1S/C12H17NO8/c1-7(14)20-9(10(12(17)18)21-8(2)15)11(16)13-3-5-19-6-4-13/h9-10H,3-6H2,1-2H3,(H,17,18)/p-1/t9-,10-/m1/s1. The van der Waals surface area contributed by atoms with E-state index in [9.17, 15) is 24.3 Å². The molecular formula is C12H16NO8-. The summed E-state index contributed by atoms with van der Waals surface area (Å²) in [6.45, 7) is 2.98. The van der Waals surface area contributed by atoms with Gasteiger partial charge in [-0.3, -0.25) is 14.4 Å². The van der Waals surface area contributed by atoms with Crippen molar-refractivity contribution in [3.8, 4) is 0 Å². The molecule has 1 aliphatic heterocycles. The van der Waals surface area contributed by atoms with Crippen LogP contribution in [0.5, 0.6) is 0 Å². The van der Waals surface area contributed by atoms with E-state index in [1.54, 1.807) is 0 Å². The van der Waals surface area contributed by atoms with Crippen molar-refractivity contribution in [1.82, 2.24) is 4.90 Å². The van der Waals surface area contributed by atoms with Crippen molar-refractivity contribution >= 4 is 23.8 Å². The molecule has 9 heteroatoms. The number of aliphatic carboxylic acids is 1. The van der Waals surface area contributed by atoms with Crippen LogP contribution in [0.25, 0.3) is 0 Å². The summed E-state index contributed by atoms with van der Waals surface area (Å²) in [4.78, 5) is 46.6. The van der Waals surface area contributed by atoms with Crippen molar-refractivity contribution in [3.63, 3.8) is 0 Å². The molecule has 0 bridgehead atoms. The van der Waals surface area contributed by atoms with Gasteiger partial charge in [-0.15, -0.1) is 0 Å². The number of amides is 1. The second-order valence-corrected chi connectivity index (χ2v) is 4.32. The van der Waals surface area contributed by atoms with Crippen LogP contribution in [0.4, 0.5) is 0 Å². The second kappa shape index (κ2) is 7.58. The number of nitrogens with zero attached hydrogens (tertiary/aromatic N) is 1. The molecule has 21 heavy (non-hydrogen) atoms. The Morgan fingerprint density at radius 2 is 1.48 bits per heavy atom. The van der Waals surface area contributed by atoms with Crippen LogP contribution in [-0.2, 0) is 33.4 Å². The molecule has 1 fully saturated rings. The first-order valence-electron chi connectivity index (χ1n) is 6.24. The molecule has 1 saturated heterocycles. The number of carboxylic acid groups (broad SMARTS) is 1. The minimum atomic E-state index is -2.00. The fraction of sp³-hybridized carbons (Fsp3) is 0.667. The van der Waals surface area contributed by atoms with Gasteiger partial charge in [0.25, 0.3) is 5.91 Å². The topological polar surface area (TPSA) is 122 Å². The summed E-state index contributed by atoms with van der Waals surface area (Å²) in [6.07, 6.45) is -3.78. The highest BCUT2D eigenvalue weighted by Crippen LogP contribution is 2.11. The summed E-state index contributed by atoms with van der Waals surface area (Å²) in [5.41, 5.74) is 0. The molecule has 118 valence electrons. The van der Waals surface area contributed by atoms with Gasteiger partial charge in [0.1, 0.15) is 0 Å². The number of hydrogen-bond acceptors (Lipinski definition) is 8. The molecule has 1 aliphatic rings. The van der Waals surface area contributed by atoms with Crippen LogP contribution in [0.1, 0.15) is 13.8 Å². The third kappa shape index (κ3) is 5.03. The SMILES string of the molecule is CC(=O)O[C@@H](C(=O)[O-])[C@@H](OC(C)=O)C(=O)N1CCOCC1. The van der Waals surface area contributed by atoms with Gasteiger partial charge in [-0.25, -0.2) is 0 Å². The maximum atomic E-state index is 12.3. The highest BCUT2D eigenvalue weighted by atomic mass is 16.6. The Kier molecular flexibility index (Phi) is 6.10. The molecule has 0 aliphatic carbocycles. The third-order valence-corrected chi connectivity index (χ3v) is 2.66. The van der Waals surface area contributed by atoms with Crippen LogP contribution in [0.15, 0.2) is 0 Å². The maximum absolute atomic E-state index is 12.3. The fourth-order valence-corrected chi connectivity index (χ4v) is 1.80.